The fraction of sp³-hybridized carbons (Fsp3) is 0.0909. The van der Waals surface area contributed by atoms with Crippen molar-refractivity contribution in [1.82, 2.24) is 0 Å². The molecule has 0 radical (unpaired) electrons. The molecule has 0 heterocycles. The summed E-state index contributed by atoms with van der Waals surface area (Å²) < 4.78 is 68.8. The lowest BCUT2D eigenvalue weighted by atomic mass is 9.92. The summed E-state index contributed by atoms with van der Waals surface area (Å²) >= 11 is 0. The average molecular weight is 515 g/mol. The Morgan fingerprint density at radius 3 is 1.95 bits per heavy atom. The van der Waals surface area contributed by atoms with E-state index >= 15 is 4.39 Å². The van der Waals surface area contributed by atoms with Crippen LogP contribution in [0, 0.1) is 11.6 Å². The van der Waals surface area contributed by atoms with Crippen LogP contribution in [0.2, 0.25) is 0 Å². The van der Waals surface area contributed by atoms with E-state index in [0.29, 0.717) is 22.8 Å². The van der Waals surface area contributed by atoms with E-state index in [4.69, 9.17) is 0 Å². The van der Waals surface area contributed by atoms with E-state index in [9.17, 15) is 17.6 Å². The van der Waals surface area contributed by atoms with Gasteiger partial charge in [-0.1, -0.05) is 78.9 Å². The molecule has 5 heteroatoms. The van der Waals surface area contributed by atoms with Crippen LogP contribution >= 0.6 is 0 Å². The molecule has 0 bridgehead atoms. The van der Waals surface area contributed by atoms with Gasteiger partial charge in [-0.15, -0.1) is 6.58 Å². The summed E-state index contributed by atoms with van der Waals surface area (Å²) in [6.07, 6.45) is -1.06. The Kier molecular flexibility index (Phi) is 6.85. The predicted octanol–water partition coefficient (Wildman–Crippen LogP) is 10.3. The van der Waals surface area contributed by atoms with Crippen molar-refractivity contribution in [1.29, 1.82) is 0 Å². The summed E-state index contributed by atoms with van der Waals surface area (Å²) in [5.41, 5.74) is 2.85. The molecule has 190 valence electrons. The van der Waals surface area contributed by atoms with Crippen LogP contribution in [0.4, 0.5) is 22.0 Å². The summed E-state index contributed by atoms with van der Waals surface area (Å²) in [5, 5.41) is 2.15. The Balaban J connectivity index is 1.49. The van der Waals surface area contributed by atoms with E-state index < -0.39 is 23.4 Å². The van der Waals surface area contributed by atoms with Crippen molar-refractivity contribution in [2.45, 2.75) is 19.0 Å². The van der Waals surface area contributed by atoms with Crippen LogP contribution in [0.15, 0.2) is 110 Å². The number of benzene rings is 5. The lowest BCUT2D eigenvalue weighted by Gasteiger charge is -2.14. The molecule has 0 aromatic heterocycles. The second-order valence-electron chi connectivity index (χ2n) is 9.16. The Morgan fingerprint density at radius 1 is 0.605 bits per heavy atom. The lowest BCUT2D eigenvalue weighted by molar-refractivity contribution is -0.139. The normalized spacial score (nSPS) is 11.6. The molecule has 0 amide bonds. The maximum absolute atomic E-state index is 15.5. The summed E-state index contributed by atoms with van der Waals surface area (Å²) in [7, 11) is 0. The largest absolute Gasteiger partial charge is 0.419 e. The first-order valence-electron chi connectivity index (χ1n) is 12.1. The molecule has 0 N–H and O–H groups in total. The molecule has 5 aromatic rings. The second kappa shape index (κ2) is 10.3. The Morgan fingerprint density at radius 2 is 1.24 bits per heavy atom. The number of aryl methyl sites for hydroxylation is 1. The topological polar surface area (TPSA) is 0 Å². The average Bonchev–Trinajstić information content (AvgIpc) is 2.90. The Hall–Kier alpha value is -4.25. The maximum Gasteiger partial charge on any atom is 0.419 e. The van der Waals surface area contributed by atoms with Crippen LogP contribution in [0.3, 0.4) is 0 Å². The number of allylic oxidation sites excluding steroid dienone is 1. The Bertz CT molecular complexity index is 1650. The standard InChI is InChI=1S/C33H23F5/c1-2-3-6-21-9-10-23-18-24(12-11-22(23)17-21)25-13-15-29(31(34)19-25)28-8-5-4-7-27(28)26-14-16-30(32(35)20-26)33(36,37)38/h2,4-5,7-20H,1,3,6H2. The predicted molar refractivity (Wildman–Crippen MR) is 144 cm³/mol. The highest BCUT2D eigenvalue weighted by Gasteiger charge is 2.34. The zero-order valence-corrected chi connectivity index (χ0v) is 20.3. The van der Waals surface area contributed by atoms with Gasteiger partial charge in [0.05, 0.1) is 5.56 Å². The molecule has 0 saturated heterocycles. The van der Waals surface area contributed by atoms with E-state index in [1.165, 1.54) is 17.7 Å². The third-order valence-electron chi connectivity index (χ3n) is 6.65. The molecule has 5 rings (SSSR count). The summed E-state index contributed by atoms with van der Waals surface area (Å²) in [4.78, 5) is 0. The van der Waals surface area contributed by atoms with Gasteiger partial charge in [0.2, 0.25) is 0 Å². The highest BCUT2D eigenvalue weighted by atomic mass is 19.4. The van der Waals surface area contributed by atoms with E-state index in [1.54, 1.807) is 30.3 Å². The molecule has 0 spiro atoms. The molecule has 0 saturated carbocycles. The zero-order chi connectivity index (χ0) is 26.9. The molecular weight excluding hydrogens is 491 g/mol. The van der Waals surface area contributed by atoms with Crippen LogP contribution in [0.1, 0.15) is 17.5 Å². The van der Waals surface area contributed by atoms with Crippen molar-refractivity contribution in [3.05, 3.63) is 132 Å². The summed E-state index contributed by atoms with van der Waals surface area (Å²) in [6, 6.07) is 26.6. The van der Waals surface area contributed by atoms with Gasteiger partial charge in [0.1, 0.15) is 11.6 Å². The highest BCUT2D eigenvalue weighted by Crippen LogP contribution is 2.38. The van der Waals surface area contributed by atoms with Crippen molar-refractivity contribution in [3.8, 4) is 33.4 Å². The number of fused-ring (bicyclic) bond motifs is 1. The van der Waals surface area contributed by atoms with Gasteiger partial charge in [-0.25, -0.2) is 8.78 Å². The van der Waals surface area contributed by atoms with Gasteiger partial charge in [-0.3, -0.25) is 0 Å². The van der Waals surface area contributed by atoms with Crippen molar-refractivity contribution >= 4 is 10.8 Å². The van der Waals surface area contributed by atoms with Gasteiger partial charge in [-0.05, 0) is 81.3 Å². The summed E-state index contributed by atoms with van der Waals surface area (Å²) in [6.45, 7) is 3.77. The second-order valence-corrected chi connectivity index (χ2v) is 9.16. The molecule has 0 atom stereocenters. The zero-order valence-electron chi connectivity index (χ0n) is 20.3. The molecule has 0 nitrogen and oxygen atoms in total. The van der Waals surface area contributed by atoms with E-state index in [2.05, 4.69) is 24.8 Å². The molecule has 0 aliphatic carbocycles. The van der Waals surface area contributed by atoms with Crippen LogP contribution in [0.25, 0.3) is 44.2 Å². The number of halogens is 5. The van der Waals surface area contributed by atoms with Gasteiger partial charge in [0.15, 0.2) is 0 Å². The molecule has 0 fully saturated rings. The van der Waals surface area contributed by atoms with E-state index in [1.807, 2.05) is 30.3 Å². The quantitative estimate of drug-likeness (QED) is 0.156. The van der Waals surface area contributed by atoms with Crippen molar-refractivity contribution in [2.75, 3.05) is 0 Å². The molecule has 0 aliphatic rings. The molecule has 0 aliphatic heterocycles. The van der Waals surface area contributed by atoms with Crippen molar-refractivity contribution < 1.29 is 22.0 Å². The van der Waals surface area contributed by atoms with Crippen LogP contribution in [-0.4, -0.2) is 0 Å². The van der Waals surface area contributed by atoms with Crippen LogP contribution < -0.4 is 0 Å². The number of hydrogen-bond donors (Lipinski definition) is 0. The minimum absolute atomic E-state index is 0.233. The lowest BCUT2D eigenvalue weighted by Crippen LogP contribution is -2.07. The smallest absolute Gasteiger partial charge is 0.206 e. The van der Waals surface area contributed by atoms with Crippen LogP contribution in [-0.2, 0) is 12.6 Å². The monoisotopic (exact) mass is 514 g/mol. The first kappa shape index (κ1) is 25.4. The minimum Gasteiger partial charge on any atom is -0.206 e. The molecule has 5 aromatic carbocycles. The maximum atomic E-state index is 15.5. The molecule has 0 unspecified atom stereocenters. The van der Waals surface area contributed by atoms with E-state index in [0.717, 1.165) is 35.2 Å². The fourth-order valence-corrected chi connectivity index (χ4v) is 4.69. The minimum atomic E-state index is -4.79. The van der Waals surface area contributed by atoms with Gasteiger partial charge in [-0.2, -0.15) is 13.2 Å². The molecule has 38 heavy (non-hydrogen) atoms. The number of hydrogen-bond acceptors (Lipinski definition) is 0. The molecular formula is C33H23F5. The van der Waals surface area contributed by atoms with Gasteiger partial charge in [0, 0.05) is 5.56 Å². The van der Waals surface area contributed by atoms with E-state index in [-0.39, 0.29) is 11.1 Å². The third kappa shape index (κ3) is 5.10. The van der Waals surface area contributed by atoms with Gasteiger partial charge < -0.3 is 0 Å². The van der Waals surface area contributed by atoms with Crippen molar-refractivity contribution in [2.24, 2.45) is 0 Å². The van der Waals surface area contributed by atoms with Crippen molar-refractivity contribution in [3.63, 3.8) is 0 Å². The number of alkyl halides is 3. The fourth-order valence-electron chi connectivity index (χ4n) is 4.69. The first-order valence-corrected chi connectivity index (χ1v) is 12.1. The van der Waals surface area contributed by atoms with Gasteiger partial charge in [0.25, 0.3) is 0 Å². The first-order chi connectivity index (χ1) is 18.2. The third-order valence-corrected chi connectivity index (χ3v) is 6.65. The van der Waals surface area contributed by atoms with Gasteiger partial charge >= 0.3 is 6.18 Å². The SMILES string of the molecule is C=CCCc1ccc2cc(-c3ccc(-c4ccccc4-c4ccc(C(F)(F)F)c(F)c4)c(F)c3)ccc2c1. The Labute approximate surface area is 217 Å². The number of rotatable bonds is 6. The van der Waals surface area contributed by atoms with Crippen LogP contribution in [0.5, 0.6) is 0 Å². The summed E-state index contributed by atoms with van der Waals surface area (Å²) in [5.74, 6) is -1.85. The highest BCUT2D eigenvalue weighted by molar-refractivity contribution is 5.89.